The van der Waals surface area contributed by atoms with Crippen LogP contribution >= 0.6 is 0 Å². The summed E-state index contributed by atoms with van der Waals surface area (Å²) >= 11 is 0. The zero-order chi connectivity index (χ0) is 14.5. The summed E-state index contributed by atoms with van der Waals surface area (Å²) in [7, 11) is -3.61. The molecule has 1 aromatic carbocycles. The number of para-hydroxylation sites is 1. The number of carbonyl (C=O) groups is 1. The highest BCUT2D eigenvalue weighted by Gasteiger charge is 2.24. The van der Waals surface area contributed by atoms with E-state index in [1.165, 1.54) is 0 Å². The van der Waals surface area contributed by atoms with E-state index in [9.17, 15) is 13.2 Å². The first-order valence-corrected chi connectivity index (χ1v) is 7.71. The highest BCUT2D eigenvalue weighted by atomic mass is 32.2. The molecule has 0 aromatic heterocycles. The number of hydrogen-bond donors (Lipinski definition) is 1. The Balaban J connectivity index is 3.00. The summed E-state index contributed by atoms with van der Waals surface area (Å²) in [6, 6.07) is 8.30. The van der Waals surface area contributed by atoms with Crippen molar-refractivity contribution in [2.45, 2.75) is 20.3 Å². The van der Waals surface area contributed by atoms with Crippen LogP contribution in [0.2, 0.25) is 0 Å². The molecule has 1 N–H and O–H groups in total. The van der Waals surface area contributed by atoms with Crippen LogP contribution in [0.15, 0.2) is 30.3 Å². The first-order chi connectivity index (χ1) is 8.83. The molecular weight excluding hydrogens is 266 g/mol. The van der Waals surface area contributed by atoms with Gasteiger partial charge in [0.05, 0.1) is 11.4 Å². The molecule has 0 aliphatic rings. The molecule has 5 nitrogen and oxygen atoms in total. The van der Waals surface area contributed by atoms with Crippen LogP contribution in [0, 0.1) is 5.92 Å². The van der Waals surface area contributed by atoms with Crippen molar-refractivity contribution < 1.29 is 18.3 Å². The number of rotatable bonds is 7. The number of aliphatic carboxylic acids is 1. The Hall–Kier alpha value is -1.56. The van der Waals surface area contributed by atoms with E-state index in [1.54, 1.807) is 30.3 Å². The van der Waals surface area contributed by atoms with Gasteiger partial charge in [0.15, 0.2) is 0 Å². The van der Waals surface area contributed by atoms with E-state index in [2.05, 4.69) is 0 Å². The van der Waals surface area contributed by atoms with Crippen molar-refractivity contribution in [3.63, 3.8) is 0 Å². The molecule has 0 radical (unpaired) electrons. The second kappa shape index (κ2) is 6.56. The quantitative estimate of drug-likeness (QED) is 0.831. The number of benzene rings is 1. The van der Waals surface area contributed by atoms with Gasteiger partial charge in [-0.25, -0.2) is 8.42 Å². The van der Waals surface area contributed by atoms with Crippen molar-refractivity contribution in [2.75, 3.05) is 16.6 Å². The summed E-state index contributed by atoms with van der Waals surface area (Å²) in [6.45, 7) is 3.31. The van der Waals surface area contributed by atoms with Crippen LogP contribution < -0.4 is 4.31 Å². The number of carboxylic acid groups (broad SMARTS) is 1. The van der Waals surface area contributed by atoms with Crippen LogP contribution in [0.5, 0.6) is 0 Å². The standard InChI is InChI=1S/C13H19NO4S/c1-11(2)8-9-19(17,18)14(10-13(15)16)12-6-4-3-5-7-12/h3-7,11H,8-10H2,1-2H3,(H,15,16). The summed E-state index contributed by atoms with van der Waals surface area (Å²) in [4.78, 5) is 10.9. The van der Waals surface area contributed by atoms with E-state index in [4.69, 9.17) is 5.11 Å². The van der Waals surface area contributed by atoms with Gasteiger partial charge in [-0.05, 0) is 24.5 Å². The maximum Gasteiger partial charge on any atom is 0.324 e. The lowest BCUT2D eigenvalue weighted by atomic mass is 10.2. The van der Waals surface area contributed by atoms with E-state index >= 15 is 0 Å². The number of sulfonamides is 1. The molecule has 0 aliphatic heterocycles. The Labute approximate surface area is 113 Å². The minimum absolute atomic E-state index is 0.0488. The van der Waals surface area contributed by atoms with Gasteiger partial charge in [-0.3, -0.25) is 9.10 Å². The second-order valence-electron chi connectivity index (χ2n) is 4.73. The molecule has 1 rings (SSSR count). The maximum absolute atomic E-state index is 12.2. The Morgan fingerprint density at radius 2 is 1.84 bits per heavy atom. The fraction of sp³-hybridized carbons (Fsp3) is 0.462. The van der Waals surface area contributed by atoms with Gasteiger partial charge in [-0.2, -0.15) is 0 Å². The maximum atomic E-state index is 12.2. The predicted octanol–water partition coefficient (Wildman–Crippen LogP) is 1.95. The average Bonchev–Trinajstić information content (AvgIpc) is 2.34. The Kier molecular flexibility index (Phi) is 5.35. The van der Waals surface area contributed by atoms with Crippen molar-refractivity contribution in [3.8, 4) is 0 Å². The minimum Gasteiger partial charge on any atom is -0.480 e. The van der Waals surface area contributed by atoms with E-state index in [-0.39, 0.29) is 11.7 Å². The zero-order valence-corrected chi connectivity index (χ0v) is 11.9. The van der Waals surface area contributed by atoms with Gasteiger partial charge in [0, 0.05) is 0 Å². The predicted molar refractivity (Wildman–Crippen MR) is 74.7 cm³/mol. The zero-order valence-electron chi connectivity index (χ0n) is 11.1. The topological polar surface area (TPSA) is 74.7 Å². The van der Waals surface area contributed by atoms with Crippen LogP contribution in [-0.4, -0.2) is 31.8 Å². The number of hydrogen-bond acceptors (Lipinski definition) is 3. The van der Waals surface area contributed by atoms with Gasteiger partial charge in [0.25, 0.3) is 0 Å². The first kappa shape index (κ1) is 15.5. The van der Waals surface area contributed by atoms with Gasteiger partial charge < -0.3 is 5.11 Å². The SMILES string of the molecule is CC(C)CCS(=O)(=O)N(CC(=O)O)c1ccccc1. The van der Waals surface area contributed by atoms with Crippen LogP contribution in [-0.2, 0) is 14.8 Å². The molecule has 0 saturated heterocycles. The van der Waals surface area contributed by atoms with Crippen LogP contribution in [0.3, 0.4) is 0 Å². The summed E-state index contributed by atoms with van der Waals surface area (Å²) in [5.41, 5.74) is 0.383. The van der Waals surface area contributed by atoms with Gasteiger partial charge in [0.2, 0.25) is 10.0 Å². The van der Waals surface area contributed by atoms with Gasteiger partial charge in [0.1, 0.15) is 6.54 Å². The molecule has 0 fully saturated rings. The van der Waals surface area contributed by atoms with Gasteiger partial charge in [-0.1, -0.05) is 32.0 Å². The van der Waals surface area contributed by atoms with Gasteiger partial charge in [-0.15, -0.1) is 0 Å². The van der Waals surface area contributed by atoms with Crippen molar-refractivity contribution in [3.05, 3.63) is 30.3 Å². The first-order valence-electron chi connectivity index (χ1n) is 6.10. The molecule has 6 heteroatoms. The molecule has 1 aromatic rings. The molecule has 0 bridgehead atoms. The average molecular weight is 285 g/mol. The lowest BCUT2D eigenvalue weighted by molar-refractivity contribution is -0.135. The summed E-state index contributed by atoms with van der Waals surface area (Å²) in [5.74, 6) is -0.971. The molecule has 0 amide bonds. The van der Waals surface area contributed by atoms with E-state index in [1.807, 2.05) is 13.8 Å². The van der Waals surface area contributed by atoms with E-state index < -0.39 is 22.5 Å². The second-order valence-corrected chi connectivity index (χ2v) is 6.75. The minimum atomic E-state index is -3.61. The fourth-order valence-corrected chi connectivity index (χ4v) is 3.30. The molecule has 0 heterocycles. The molecule has 0 saturated carbocycles. The molecule has 19 heavy (non-hydrogen) atoms. The third-order valence-electron chi connectivity index (χ3n) is 2.61. The lowest BCUT2D eigenvalue weighted by Gasteiger charge is -2.23. The number of carboxylic acids is 1. The van der Waals surface area contributed by atoms with Crippen molar-refractivity contribution >= 4 is 21.7 Å². The monoisotopic (exact) mass is 285 g/mol. The van der Waals surface area contributed by atoms with Crippen molar-refractivity contribution in [1.29, 1.82) is 0 Å². The Morgan fingerprint density at radius 3 is 2.32 bits per heavy atom. The van der Waals surface area contributed by atoms with Crippen molar-refractivity contribution in [1.82, 2.24) is 0 Å². The third-order valence-corrected chi connectivity index (χ3v) is 4.38. The summed E-state index contributed by atoms with van der Waals surface area (Å²) in [5, 5.41) is 8.88. The highest BCUT2D eigenvalue weighted by molar-refractivity contribution is 7.92. The molecule has 0 spiro atoms. The third kappa shape index (κ3) is 4.90. The summed E-state index contributed by atoms with van der Waals surface area (Å²) in [6.07, 6.45) is 0.505. The molecule has 0 atom stereocenters. The van der Waals surface area contributed by atoms with E-state index in [0.717, 1.165) is 4.31 Å². The summed E-state index contributed by atoms with van der Waals surface area (Å²) < 4.78 is 25.4. The Bertz CT molecular complexity index is 511. The molecule has 0 aliphatic carbocycles. The van der Waals surface area contributed by atoms with Crippen LogP contribution in [0.25, 0.3) is 0 Å². The van der Waals surface area contributed by atoms with Crippen molar-refractivity contribution in [2.24, 2.45) is 5.92 Å². The highest BCUT2D eigenvalue weighted by Crippen LogP contribution is 2.19. The normalized spacial score (nSPS) is 11.5. The van der Waals surface area contributed by atoms with Crippen LogP contribution in [0.1, 0.15) is 20.3 Å². The molecule has 106 valence electrons. The lowest BCUT2D eigenvalue weighted by Crippen LogP contribution is -2.37. The number of nitrogens with zero attached hydrogens (tertiary/aromatic N) is 1. The molecular formula is C13H19NO4S. The molecule has 0 unspecified atom stereocenters. The smallest absolute Gasteiger partial charge is 0.324 e. The number of anilines is 1. The van der Waals surface area contributed by atoms with Crippen LogP contribution in [0.4, 0.5) is 5.69 Å². The fourth-order valence-electron chi connectivity index (χ4n) is 1.56. The van der Waals surface area contributed by atoms with E-state index in [0.29, 0.717) is 12.1 Å². The largest absolute Gasteiger partial charge is 0.480 e. The Morgan fingerprint density at radius 1 is 1.26 bits per heavy atom. The van der Waals surface area contributed by atoms with Gasteiger partial charge >= 0.3 is 5.97 Å².